The van der Waals surface area contributed by atoms with E-state index in [2.05, 4.69) is 11.7 Å². The molecule has 0 aliphatic rings. The first-order chi connectivity index (χ1) is 14.2. The van der Waals surface area contributed by atoms with E-state index in [4.69, 9.17) is 9.29 Å². The van der Waals surface area contributed by atoms with E-state index in [9.17, 15) is 35.2 Å². The number of ether oxygens (including phenoxy) is 2. The van der Waals surface area contributed by atoms with Gasteiger partial charge >= 0.3 is 27.5 Å². The van der Waals surface area contributed by atoms with Crippen LogP contribution in [-0.4, -0.2) is 43.1 Å². The Morgan fingerprint density at radius 2 is 1.65 bits per heavy atom. The first kappa shape index (κ1) is 25.0. The molecule has 2 aromatic rings. The summed E-state index contributed by atoms with van der Waals surface area (Å²) >= 11 is 0. The summed E-state index contributed by atoms with van der Waals surface area (Å²) in [7, 11) is -6.46. The maximum Gasteiger partial charge on any atom is 0.421 e. The molecule has 2 rings (SSSR count). The zero-order valence-corrected chi connectivity index (χ0v) is 17.1. The van der Waals surface area contributed by atoms with E-state index in [0.29, 0.717) is 11.3 Å². The maximum atomic E-state index is 13.4. The van der Waals surface area contributed by atoms with Crippen LogP contribution in [0.2, 0.25) is 0 Å². The van der Waals surface area contributed by atoms with Crippen LogP contribution in [0.5, 0.6) is 5.75 Å². The molecule has 0 aliphatic heterocycles. The molecule has 0 fully saturated rings. The van der Waals surface area contributed by atoms with Crippen molar-refractivity contribution in [2.24, 2.45) is 0 Å². The smallest absolute Gasteiger partial charge is 0.421 e. The van der Waals surface area contributed by atoms with Crippen molar-refractivity contribution in [2.75, 3.05) is 6.61 Å². The number of esters is 1. The maximum absolute atomic E-state index is 13.4. The van der Waals surface area contributed by atoms with Crippen molar-refractivity contribution in [3.8, 4) is 5.75 Å². The van der Waals surface area contributed by atoms with Crippen molar-refractivity contribution in [1.82, 2.24) is 0 Å². The Morgan fingerprint density at radius 3 is 2.19 bits per heavy atom. The average molecular weight is 470 g/mol. The molecule has 0 saturated carbocycles. The lowest BCUT2D eigenvalue weighted by Crippen LogP contribution is -2.52. The number of halogens is 5. The quantitative estimate of drug-likeness (QED) is 0.261. The van der Waals surface area contributed by atoms with Gasteiger partial charge in [0.15, 0.2) is 0 Å². The summed E-state index contributed by atoms with van der Waals surface area (Å²) in [6.07, 6.45) is -9.23. The molecule has 0 aromatic heterocycles. The molecule has 2 unspecified atom stereocenters. The van der Waals surface area contributed by atoms with Crippen molar-refractivity contribution in [1.29, 1.82) is 0 Å². The fraction of sp³-hybridized carbons (Fsp3) is 0.421. The van der Waals surface area contributed by atoms with Crippen molar-refractivity contribution < 1.29 is 49.2 Å². The van der Waals surface area contributed by atoms with Crippen LogP contribution < -0.4 is 4.74 Å². The van der Waals surface area contributed by atoms with Crippen LogP contribution in [-0.2, 0) is 19.6 Å². The van der Waals surface area contributed by atoms with Gasteiger partial charge in [0.05, 0.1) is 0 Å². The third kappa shape index (κ3) is 5.89. The van der Waals surface area contributed by atoms with Gasteiger partial charge in [-0.25, -0.2) is 4.79 Å². The largest absolute Gasteiger partial charge is 0.425 e. The minimum atomic E-state index is -6.46. The third-order valence-electron chi connectivity index (χ3n) is 4.56. The molecule has 0 saturated heterocycles. The molecule has 0 radical (unpaired) electrons. The summed E-state index contributed by atoms with van der Waals surface area (Å²) < 4.78 is 103. The molecule has 2 atom stereocenters. The molecule has 1 N–H and O–H groups in total. The first-order valence-electron chi connectivity index (χ1n) is 8.94. The topological polar surface area (TPSA) is 89.9 Å². The molecule has 0 aliphatic carbocycles. The van der Waals surface area contributed by atoms with Crippen LogP contribution in [0.25, 0.3) is 10.8 Å². The minimum absolute atomic E-state index is 0.0810. The second-order valence-electron chi connectivity index (χ2n) is 6.82. The number of alkyl halides is 5. The molecule has 0 bridgehead atoms. The molecule has 0 spiro atoms. The van der Waals surface area contributed by atoms with E-state index >= 15 is 0 Å². The number of carbonyl (C=O) groups is 1. The third-order valence-corrected chi connectivity index (χ3v) is 5.47. The van der Waals surface area contributed by atoms with E-state index in [1.165, 1.54) is 12.1 Å². The van der Waals surface area contributed by atoms with Crippen molar-refractivity contribution in [3.05, 3.63) is 42.0 Å². The highest BCUT2D eigenvalue weighted by atomic mass is 32.2. The average Bonchev–Trinajstić information content (AvgIpc) is 2.64. The van der Waals surface area contributed by atoms with E-state index in [-0.39, 0.29) is 5.75 Å². The van der Waals surface area contributed by atoms with Gasteiger partial charge in [0, 0.05) is 0 Å². The van der Waals surface area contributed by atoms with Crippen LogP contribution in [0.4, 0.5) is 22.0 Å². The van der Waals surface area contributed by atoms with Crippen LogP contribution in [0, 0.1) is 0 Å². The second-order valence-corrected chi connectivity index (χ2v) is 8.32. The SMILES string of the molecule is CCC(C)c1ccc2cc(OC(=O)COC(C(F)(F)F)C(F)(F)S(=O)(=O)O)ccc2c1. The fourth-order valence-corrected chi connectivity index (χ4v) is 3.15. The Bertz CT molecular complexity index is 1050. The van der Waals surface area contributed by atoms with Gasteiger partial charge < -0.3 is 9.47 Å². The lowest BCUT2D eigenvalue weighted by Gasteiger charge is -2.25. The monoisotopic (exact) mass is 470 g/mol. The number of hydrogen-bond acceptors (Lipinski definition) is 5. The summed E-state index contributed by atoms with van der Waals surface area (Å²) in [4.78, 5) is 11.8. The van der Waals surface area contributed by atoms with Crippen molar-refractivity contribution in [2.45, 2.75) is 43.7 Å². The summed E-state index contributed by atoms with van der Waals surface area (Å²) in [5, 5.41) is -4.25. The molecule has 31 heavy (non-hydrogen) atoms. The van der Waals surface area contributed by atoms with Gasteiger partial charge in [-0.05, 0) is 40.8 Å². The minimum Gasteiger partial charge on any atom is -0.425 e. The van der Waals surface area contributed by atoms with E-state index in [1.54, 1.807) is 12.1 Å². The van der Waals surface area contributed by atoms with E-state index in [1.807, 2.05) is 19.1 Å². The predicted molar refractivity (Wildman–Crippen MR) is 101 cm³/mol. The van der Waals surface area contributed by atoms with Crippen LogP contribution in [0.15, 0.2) is 36.4 Å². The molecular formula is C19H19F5O6S. The highest BCUT2D eigenvalue weighted by Crippen LogP contribution is 2.38. The number of carbonyl (C=O) groups excluding carboxylic acids is 1. The normalized spacial score (nSPS) is 15.0. The van der Waals surface area contributed by atoms with Gasteiger partial charge in [0.2, 0.25) is 6.10 Å². The van der Waals surface area contributed by atoms with Crippen molar-refractivity contribution >= 4 is 26.9 Å². The van der Waals surface area contributed by atoms with Gasteiger partial charge in [-0.3, -0.25) is 4.55 Å². The predicted octanol–water partition coefficient (Wildman–Crippen LogP) is 4.69. The highest BCUT2D eigenvalue weighted by Gasteiger charge is 2.64. The summed E-state index contributed by atoms with van der Waals surface area (Å²) in [5.41, 5.74) is 1.09. The van der Waals surface area contributed by atoms with Gasteiger partial charge in [0.1, 0.15) is 12.4 Å². The lowest BCUT2D eigenvalue weighted by molar-refractivity contribution is -0.263. The van der Waals surface area contributed by atoms with E-state index < -0.39 is 40.2 Å². The summed E-state index contributed by atoms with van der Waals surface area (Å²) in [5.74, 6) is -1.24. The highest BCUT2D eigenvalue weighted by molar-refractivity contribution is 7.86. The summed E-state index contributed by atoms with van der Waals surface area (Å²) in [6, 6.07) is 9.95. The number of fused-ring (bicyclic) bond motifs is 1. The molecular weight excluding hydrogens is 451 g/mol. The molecule has 12 heteroatoms. The number of benzene rings is 2. The zero-order chi connectivity index (χ0) is 23.6. The number of hydrogen-bond donors (Lipinski definition) is 1. The van der Waals surface area contributed by atoms with Gasteiger partial charge in [-0.2, -0.15) is 30.4 Å². The molecule has 6 nitrogen and oxygen atoms in total. The van der Waals surface area contributed by atoms with Gasteiger partial charge in [-0.1, -0.05) is 38.1 Å². The lowest BCUT2D eigenvalue weighted by atomic mass is 9.96. The van der Waals surface area contributed by atoms with Crippen LogP contribution in [0.1, 0.15) is 31.7 Å². The van der Waals surface area contributed by atoms with Gasteiger partial charge in [0.25, 0.3) is 0 Å². The second kappa shape index (κ2) is 9.05. The van der Waals surface area contributed by atoms with Gasteiger partial charge in [-0.15, -0.1) is 0 Å². The molecule has 0 heterocycles. The number of rotatable bonds is 8. The van der Waals surface area contributed by atoms with Crippen LogP contribution in [0.3, 0.4) is 0 Å². The molecule has 2 aromatic carbocycles. The fourth-order valence-electron chi connectivity index (χ4n) is 2.68. The first-order valence-corrected chi connectivity index (χ1v) is 10.4. The summed E-state index contributed by atoms with van der Waals surface area (Å²) in [6.45, 7) is 2.45. The standard InChI is InChI=1S/C19H19F5O6S/c1-3-11(2)12-4-5-14-9-15(7-6-13(14)8-12)30-16(25)10-29-17(18(20,21)22)19(23,24)31(26,27)28/h4-9,11,17H,3,10H2,1-2H3,(H,26,27,28). The zero-order valence-electron chi connectivity index (χ0n) is 16.3. The van der Waals surface area contributed by atoms with Crippen LogP contribution >= 0.6 is 0 Å². The Labute approximate surface area is 174 Å². The molecule has 0 amide bonds. The van der Waals surface area contributed by atoms with E-state index in [0.717, 1.165) is 17.4 Å². The Morgan fingerprint density at radius 1 is 1.06 bits per heavy atom. The Hall–Kier alpha value is -2.31. The van der Waals surface area contributed by atoms with Crippen molar-refractivity contribution in [3.63, 3.8) is 0 Å². The Kier molecular flexibility index (Phi) is 7.28. The Balaban J connectivity index is 2.13. The molecule has 172 valence electrons.